The second kappa shape index (κ2) is 11.8. The van der Waals surface area contributed by atoms with Crippen molar-refractivity contribution in [2.45, 2.75) is 39.5 Å². The van der Waals surface area contributed by atoms with E-state index in [2.05, 4.69) is 28.5 Å². The molecule has 0 bridgehead atoms. The Labute approximate surface area is 208 Å². The number of methoxy groups -OCH3 is 1. The molecule has 0 unspecified atom stereocenters. The fourth-order valence-electron chi connectivity index (χ4n) is 4.09. The highest BCUT2D eigenvalue weighted by Crippen LogP contribution is 2.27. The molecule has 10 heteroatoms. The fourth-order valence-corrected chi connectivity index (χ4v) is 4.72. The molecule has 0 saturated heterocycles. The Balaban J connectivity index is 1.95. The molecule has 3 atom stereocenters. The van der Waals surface area contributed by atoms with E-state index < -0.39 is 10.0 Å². The molecular formula is C25H36N4O5S. The van der Waals surface area contributed by atoms with Crippen molar-refractivity contribution in [1.82, 2.24) is 14.8 Å². The molecule has 192 valence electrons. The van der Waals surface area contributed by atoms with Crippen LogP contribution in [-0.4, -0.2) is 80.9 Å². The van der Waals surface area contributed by atoms with Crippen LogP contribution in [0.2, 0.25) is 0 Å². The van der Waals surface area contributed by atoms with Crippen molar-refractivity contribution in [1.29, 1.82) is 0 Å². The topological polar surface area (TPSA) is 101 Å². The van der Waals surface area contributed by atoms with E-state index in [1.807, 2.05) is 18.2 Å². The second-order valence-electron chi connectivity index (χ2n) is 9.06. The van der Waals surface area contributed by atoms with E-state index >= 15 is 0 Å². The monoisotopic (exact) mass is 504 g/mol. The van der Waals surface area contributed by atoms with Gasteiger partial charge in [-0.3, -0.25) is 19.4 Å². The molecule has 2 heterocycles. The smallest absolute Gasteiger partial charge is 0.257 e. The third kappa shape index (κ3) is 7.16. The minimum Gasteiger partial charge on any atom is -0.491 e. The highest BCUT2D eigenvalue weighted by Gasteiger charge is 2.28. The first kappa shape index (κ1) is 26.9. The van der Waals surface area contributed by atoms with Gasteiger partial charge < -0.3 is 14.4 Å². The first-order chi connectivity index (χ1) is 16.6. The number of nitrogens with one attached hydrogen (secondary N) is 1. The van der Waals surface area contributed by atoms with Crippen LogP contribution in [0.1, 0.15) is 36.8 Å². The van der Waals surface area contributed by atoms with Gasteiger partial charge in [-0.1, -0.05) is 13.0 Å². The molecule has 1 aliphatic rings. The van der Waals surface area contributed by atoms with Crippen LogP contribution in [0.15, 0.2) is 42.6 Å². The number of sulfonamides is 1. The van der Waals surface area contributed by atoms with Crippen molar-refractivity contribution < 1.29 is 22.7 Å². The van der Waals surface area contributed by atoms with Crippen LogP contribution in [0.25, 0.3) is 0 Å². The molecule has 1 aliphatic heterocycles. The number of rotatable bonds is 6. The second-order valence-corrected chi connectivity index (χ2v) is 11.1. The van der Waals surface area contributed by atoms with Crippen molar-refractivity contribution >= 4 is 21.6 Å². The molecule has 9 nitrogen and oxygen atoms in total. The van der Waals surface area contributed by atoms with Crippen LogP contribution in [0.5, 0.6) is 5.75 Å². The van der Waals surface area contributed by atoms with E-state index in [-0.39, 0.29) is 29.7 Å². The van der Waals surface area contributed by atoms with Gasteiger partial charge in [-0.15, -0.1) is 0 Å². The molecule has 35 heavy (non-hydrogen) atoms. The molecule has 2 aromatic rings. The summed E-state index contributed by atoms with van der Waals surface area (Å²) >= 11 is 0. The maximum atomic E-state index is 13.4. The Morgan fingerprint density at radius 3 is 2.63 bits per heavy atom. The molecule has 0 saturated carbocycles. The van der Waals surface area contributed by atoms with E-state index in [1.165, 1.54) is 6.07 Å². The average molecular weight is 505 g/mol. The lowest BCUT2D eigenvalue weighted by Crippen LogP contribution is -2.46. The number of nitrogens with zero attached hydrogens (tertiary/aromatic N) is 3. The highest BCUT2D eigenvalue weighted by atomic mass is 32.2. The number of amides is 1. The van der Waals surface area contributed by atoms with E-state index in [0.29, 0.717) is 36.7 Å². The fraction of sp³-hybridized carbons (Fsp3) is 0.520. The maximum absolute atomic E-state index is 13.4. The van der Waals surface area contributed by atoms with Gasteiger partial charge in [0.2, 0.25) is 10.0 Å². The highest BCUT2D eigenvalue weighted by molar-refractivity contribution is 7.92. The van der Waals surface area contributed by atoms with Crippen molar-refractivity contribution in [3.05, 3.63) is 53.9 Å². The lowest BCUT2D eigenvalue weighted by atomic mass is 10.0. The number of hydrogen-bond acceptors (Lipinski definition) is 7. The quantitative estimate of drug-likeness (QED) is 0.646. The third-order valence-corrected chi connectivity index (χ3v) is 7.63. The van der Waals surface area contributed by atoms with Gasteiger partial charge in [0.15, 0.2) is 0 Å². The van der Waals surface area contributed by atoms with E-state index in [0.717, 1.165) is 12.2 Å². The molecule has 0 aliphatic carbocycles. The minimum absolute atomic E-state index is 0.0235. The van der Waals surface area contributed by atoms with E-state index in [1.54, 1.807) is 44.3 Å². The summed E-state index contributed by atoms with van der Waals surface area (Å²) in [6.45, 7) is 7.89. The summed E-state index contributed by atoms with van der Waals surface area (Å²) in [5, 5.41) is 0. The lowest BCUT2D eigenvalue weighted by molar-refractivity contribution is 0.00901. The molecule has 1 aromatic heterocycles. The summed E-state index contributed by atoms with van der Waals surface area (Å²) in [4.78, 5) is 21.8. The number of likely N-dealkylation sites (N-methyl/N-ethyl adjacent to an activating group) is 1. The number of fused-ring (bicyclic) bond motifs is 1. The third-order valence-electron chi connectivity index (χ3n) is 6.32. The summed E-state index contributed by atoms with van der Waals surface area (Å²) in [6, 6.07) is 10.7. The predicted molar refractivity (Wildman–Crippen MR) is 136 cm³/mol. The standard InChI is InChI=1S/C25H36N4O5S/c1-6-35(31,32)27-20-10-11-23-22(13-20)25(30)28(4)16-24(33-5)18(2)14-29(19(3)17-34-23)15-21-9-7-8-12-26-21/h7-13,18-19,24,27H,6,14-17H2,1-5H3/t18-,19-,24+/m0/s1. The van der Waals surface area contributed by atoms with Gasteiger partial charge in [-0.25, -0.2) is 8.42 Å². The lowest BCUT2D eigenvalue weighted by Gasteiger charge is -2.35. The van der Waals surface area contributed by atoms with Crippen molar-refractivity contribution in [2.75, 3.05) is 44.3 Å². The van der Waals surface area contributed by atoms with Crippen LogP contribution < -0.4 is 9.46 Å². The zero-order valence-electron chi connectivity index (χ0n) is 21.1. The molecule has 0 radical (unpaired) electrons. The number of anilines is 1. The molecule has 1 N–H and O–H groups in total. The molecular weight excluding hydrogens is 468 g/mol. The van der Waals surface area contributed by atoms with Crippen LogP contribution in [-0.2, 0) is 21.3 Å². The molecule has 0 spiro atoms. The average Bonchev–Trinajstić information content (AvgIpc) is 2.85. The zero-order valence-corrected chi connectivity index (χ0v) is 21.9. The Kier molecular flexibility index (Phi) is 9.09. The Hall–Kier alpha value is -2.69. The van der Waals surface area contributed by atoms with E-state index in [4.69, 9.17) is 9.47 Å². The summed E-state index contributed by atoms with van der Waals surface area (Å²) in [5.41, 5.74) is 1.59. The number of carbonyl (C=O) groups excluding carboxylic acids is 1. The summed E-state index contributed by atoms with van der Waals surface area (Å²) in [5.74, 6) is 0.216. The van der Waals surface area contributed by atoms with Gasteiger partial charge in [0.05, 0.1) is 23.1 Å². The Morgan fingerprint density at radius 1 is 1.20 bits per heavy atom. The van der Waals surface area contributed by atoms with Crippen LogP contribution >= 0.6 is 0 Å². The van der Waals surface area contributed by atoms with Crippen LogP contribution in [0.3, 0.4) is 0 Å². The van der Waals surface area contributed by atoms with E-state index in [9.17, 15) is 13.2 Å². The van der Waals surface area contributed by atoms with Gasteiger partial charge >= 0.3 is 0 Å². The number of benzene rings is 1. The number of aromatic nitrogens is 1. The minimum atomic E-state index is -3.48. The number of carbonyl (C=O) groups is 1. The van der Waals surface area contributed by atoms with Crippen LogP contribution in [0, 0.1) is 5.92 Å². The van der Waals surface area contributed by atoms with Gasteiger partial charge in [0.25, 0.3) is 5.91 Å². The Morgan fingerprint density at radius 2 is 1.97 bits per heavy atom. The Bertz CT molecular complexity index is 1100. The normalized spacial score (nSPS) is 22.5. The number of hydrogen-bond donors (Lipinski definition) is 1. The molecule has 1 aromatic carbocycles. The van der Waals surface area contributed by atoms with Gasteiger partial charge in [-0.05, 0) is 50.1 Å². The predicted octanol–water partition coefficient (Wildman–Crippen LogP) is 2.85. The van der Waals surface area contributed by atoms with Crippen LogP contribution in [0.4, 0.5) is 5.69 Å². The van der Waals surface area contributed by atoms with Crippen molar-refractivity contribution in [3.8, 4) is 5.75 Å². The maximum Gasteiger partial charge on any atom is 0.257 e. The number of ether oxygens (including phenoxy) is 2. The van der Waals surface area contributed by atoms with Gasteiger partial charge in [0, 0.05) is 51.7 Å². The molecule has 3 rings (SSSR count). The first-order valence-electron chi connectivity index (χ1n) is 11.8. The zero-order chi connectivity index (χ0) is 25.6. The summed E-state index contributed by atoms with van der Waals surface area (Å²) < 4.78 is 38.6. The largest absolute Gasteiger partial charge is 0.491 e. The van der Waals surface area contributed by atoms with Gasteiger partial charge in [0.1, 0.15) is 12.4 Å². The van der Waals surface area contributed by atoms with Crippen molar-refractivity contribution in [3.63, 3.8) is 0 Å². The SMILES string of the molecule is CCS(=O)(=O)Nc1ccc2c(c1)C(=O)N(C)C[C@@H](OC)[C@@H](C)CN(Cc1ccccn1)[C@@H](C)CO2. The van der Waals surface area contributed by atoms with Crippen molar-refractivity contribution in [2.24, 2.45) is 5.92 Å². The summed E-state index contributed by atoms with van der Waals surface area (Å²) in [7, 11) is -0.109. The number of pyridine rings is 1. The molecule has 0 fully saturated rings. The first-order valence-corrected chi connectivity index (χ1v) is 13.5. The molecule has 1 amide bonds. The summed E-state index contributed by atoms with van der Waals surface area (Å²) in [6.07, 6.45) is 1.60. The van der Waals surface area contributed by atoms with Gasteiger partial charge in [-0.2, -0.15) is 0 Å².